The summed E-state index contributed by atoms with van der Waals surface area (Å²) in [7, 11) is 3.22. The summed E-state index contributed by atoms with van der Waals surface area (Å²) >= 11 is 0. The van der Waals surface area contributed by atoms with Crippen molar-refractivity contribution >= 4 is 17.6 Å². The topological polar surface area (TPSA) is 85.7 Å². The third-order valence-electron chi connectivity index (χ3n) is 3.74. The fourth-order valence-electron chi connectivity index (χ4n) is 2.42. The standard InChI is InChI=1S/C16H20N4O3/c1-19(9-3-8-17)16(22)18-12-10-15(21)20(11-12)13-4-6-14(23-2)7-5-13/h4-7,12H,3,9-11H2,1-2H3,(H,18,22)/t12-/m1/s1. The van der Waals surface area contributed by atoms with E-state index in [0.29, 0.717) is 13.1 Å². The lowest BCUT2D eigenvalue weighted by Gasteiger charge is -2.20. The Balaban J connectivity index is 1.94. The van der Waals surface area contributed by atoms with Crippen molar-refractivity contribution in [2.24, 2.45) is 0 Å². The van der Waals surface area contributed by atoms with Crippen LogP contribution in [0.15, 0.2) is 24.3 Å². The summed E-state index contributed by atoms with van der Waals surface area (Å²) in [5.41, 5.74) is 0.783. The van der Waals surface area contributed by atoms with Crippen LogP contribution < -0.4 is 15.0 Å². The van der Waals surface area contributed by atoms with Crippen LogP contribution in [0.3, 0.4) is 0 Å². The Kier molecular flexibility index (Phi) is 5.41. The predicted molar refractivity (Wildman–Crippen MR) is 85.1 cm³/mol. The molecule has 1 fully saturated rings. The smallest absolute Gasteiger partial charge is 0.317 e. The van der Waals surface area contributed by atoms with Crippen molar-refractivity contribution in [3.63, 3.8) is 0 Å². The van der Waals surface area contributed by atoms with Crippen LogP contribution in [0.1, 0.15) is 12.8 Å². The molecular formula is C16H20N4O3. The van der Waals surface area contributed by atoms with Crippen molar-refractivity contribution < 1.29 is 14.3 Å². The summed E-state index contributed by atoms with van der Waals surface area (Å²) in [4.78, 5) is 27.2. The molecule has 7 nitrogen and oxygen atoms in total. The van der Waals surface area contributed by atoms with Crippen molar-refractivity contribution in [3.05, 3.63) is 24.3 Å². The van der Waals surface area contributed by atoms with Gasteiger partial charge in [0.2, 0.25) is 5.91 Å². The van der Waals surface area contributed by atoms with Crippen molar-refractivity contribution in [1.29, 1.82) is 5.26 Å². The number of nitrogens with zero attached hydrogens (tertiary/aromatic N) is 3. The third kappa shape index (κ3) is 4.13. The van der Waals surface area contributed by atoms with E-state index in [1.54, 1.807) is 31.2 Å². The van der Waals surface area contributed by atoms with Gasteiger partial charge in [-0.05, 0) is 24.3 Å². The van der Waals surface area contributed by atoms with Crippen molar-refractivity contribution in [3.8, 4) is 11.8 Å². The molecule has 1 aromatic carbocycles. The predicted octanol–water partition coefficient (Wildman–Crippen LogP) is 1.36. The Hall–Kier alpha value is -2.75. The lowest BCUT2D eigenvalue weighted by atomic mass is 10.2. The van der Waals surface area contributed by atoms with E-state index in [9.17, 15) is 9.59 Å². The first-order valence-corrected chi connectivity index (χ1v) is 7.38. The first-order valence-electron chi connectivity index (χ1n) is 7.38. The molecule has 1 aliphatic rings. The second-order valence-corrected chi connectivity index (χ2v) is 5.38. The van der Waals surface area contributed by atoms with Gasteiger partial charge in [-0.2, -0.15) is 5.26 Å². The van der Waals surface area contributed by atoms with Gasteiger partial charge in [0, 0.05) is 32.2 Å². The molecule has 0 unspecified atom stereocenters. The quantitative estimate of drug-likeness (QED) is 0.888. The Bertz CT molecular complexity index is 609. The van der Waals surface area contributed by atoms with E-state index in [4.69, 9.17) is 10.00 Å². The molecule has 0 aromatic heterocycles. The number of methoxy groups -OCH3 is 1. The highest BCUT2D eigenvalue weighted by molar-refractivity contribution is 5.96. The SMILES string of the molecule is COc1ccc(N2C[C@H](NC(=O)N(C)CCC#N)CC2=O)cc1. The van der Waals surface area contributed by atoms with Gasteiger partial charge in [-0.15, -0.1) is 0 Å². The first-order chi connectivity index (χ1) is 11.0. The zero-order valence-corrected chi connectivity index (χ0v) is 13.3. The Morgan fingerprint density at radius 2 is 2.17 bits per heavy atom. The van der Waals surface area contributed by atoms with Gasteiger partial charge in [-0.3, -0.25) is 4.79 Å². The molecule has 2 rings (SSSR count). The van der Waals surface area contributed by atoms with E-state index in [1.807, 2.05) is 18.2 Å². The monoisotopic (exact) mass is 316 g/mol. The highest BCUT2D eigenvalue weighted by atomic mass is 16.5. The summed E-state index contributed by atoms with van der Waals surface area (Å²) in [6.45, 7) is 0.800. The zero-order chi connectivity index (χ0) is 16.8. The van der Waals surface area contributed by atoms with Crippen molar-refractivity contribution in [2.75, 3.05) is 32.1 Å². The number of hydrogen-bond donors (Lipinski definition) is 1. The number of urea groups is 1. The number of carbonyl (C=O) groups excluding carboxylic acids is 2. The van der Waals surface area contributed by atoms with Crippen LogP contribution in [0.4, 0.5) is 10.5 Å². The minimum atomic E-state index is -0.269. The maximum atomic E-state index is 12.1. The average molecular weight is 316 g/mol. The molecule has 3 amide bonds. The molecule has 23 heavy (non-hydrogen) atoms. The largest absolute Gasteiger partial charge is 0.497 e. The van der Waals surface area contributed by atoms with Crippen LogP contribution in [-0.4, -0.2) is 50.1 Å². The van der Waals surface area contributed by atoms with Crippen LogP contribution in [0.2, 0.25) is 0 Å². The third-order valence-corrected chi connectivity index (χ3v) is 3.74. The molecule has 0 saturated carbocycles. The Morgan fingerprint density at radius 1 is 1.48 bits per heavy atom. The molecule has 0 aliphatic carbocycles. The highest BCUT2D eigenvalue weighted by Crippen LogP contribution is 2.24. The van der Waals surface area contributed by atoms with Crippen LogP contribution in [0.5, 0.6) is 5.75 Å². The summed E-state index contributed by atoms with van der Waals surface area (Å²) in [6, 6.07) is 8.72. The number of benzene rings is 1. The second-order valence-electron chi connectivity index (χ2n) is 5.38. The summed E-state index contributed by atoms with van der Waals surface area (Å²) < 4.78 is 5.10. The normalized spacial score (nSPS) is 16.8. The molecule has 1 aliphatic heterocycles. The van der Waals surface area contributed by atoms with Gasteiger partial charge < -0.3 is 19.9 Å². The van der Waals surface area contributed by atoms with Gasteiger partial charge >= 0.3 is 6.03 Å². The van der Waals surface area contributed by atoms with Crippen molar-refractivity contribution in [2.45, 2.75) is 18.9 Å². The molecule has 1 saturated heterocycles. The summed E-state index contributed by atoms with van der Waals surface area (Å²) in [5, 5.41) is 11.4. The van der Waals surface area contributed by atoms with Crippen LogP contribution >= 0.6 is 0 Å². The van der Waals surface area contributed by atoms with E-state index in [-0.39, 0.29) is 30.8 Å². The number of rotatable bonds is 5. The lowest BCUT2D eigenvalue weighted by molar-refractivity contribution is -0.117. The maximum absolute atomic E-state index is 12.1. The Morgan fingerprint density at radius 3 is 2.78 bits per heavy atom. The number of ether oxygens (including phenoxy) is 1. The Labute approximate surface area is 135 Å². The van der Waals surface area contributed by atoms with E-state index in [0.717, 1.165) is 11.4 Å². The fourth-order valence-corrected chi connectivity index (χ4v) is 2.42. The van der Waals surface area contributed by atoms with E-state index >= 15 is 0 Å². The van der Waals surface area contributed by atoms with E-state index in [1.165, 1.54) is 4.90 Å². The molecule has 1 atom stereocenters. The van der Waals surface area contributed by atoms with Crippen LogP contribution in [0.25, 0.3) is 0 Å². The van der Waals surface area contributed by atoms with Gasteiger partial charge in [0.05, 0.1) is 25.6 Å². The average Bonchev–Trinajstić information content (AvgIpc) is 2.92. The van der Waals surface area contributed by atoms with Gasteiger partial charge in [-0.25, -0.2) is 4.79 Å². The molecule has 0 radical (unpaired) electrons. The molecule has 7 heteroatoms. The van der Waals surface area contributed by atoms with Gasteiger partial charge in [0.25, 0.3) is 0 Å². The fraction of sp³-hybridized carbons (Fsp3) is 0.438. The number of carbonyl (C=O) groups is 2. The van der Waals surface area contributed by atoms with Gasteiger partial charge in [0.15, 0.2) is 0 Å². The van der Waals surface area contributed by atoms with E-state index in [2.05, 4.69) is 5.32 Å². The molecule has 0 bridgehead atoms. The van der Waals surface area contributed by atoms with Crippen LogP contribution in [-0.2, 0) is 4.79 Å². The van der Waals surface area contributed by atoms with E-state index < -0.39 is 0 Å². The molecule has 1 heterocycles. The van der Waals surface area contributed by atoms with Crippen molar-refractivity contribution in [1.82, 2.24) is 10.2 Å². The molecular weight excluding hydrogens is 296 g/mol. The van der Waals surface area contributed by atoms with Gasteiger partial charge in [-0.1, -0.05) is 0 Å². The van der Waals surface area contributed by atoms with Gasteiger partial charge in [0.1, 0.15) is 5.75 Å². The first kappa shape index (κ1) is 16.6. The number of nitriles is 1. The summed E-state index contributed by atoms with van der Waals surface area (Å²) in [5.74, 6) is 0.699. The highest BCUT2D eigenvalue weighted by Gasteiger charge is 2.32. The zero-order valence-electron chi connectivity index (χ0n) is 13.3. The second kappa shape index (κ2) is 7.49. The number of anilines is 1. The molecule has 1 aromatic rings. The molecule has 122 valence electrons. The molecule has 1 N–H and O–H groups in total. The lowest BCUT2D eigenvalue weighted by Crippen LogP contribution is -2.44. The molecule has 0 spiro atoms. The number of amides is 3. The maximum Gasteiger partial charge on any atom is 0.317 e. The minimum absolute atomic E-state index is 0.0276. The number of hydrogen-bond acceptors (Lipinski definition) is 4. The van der Waals surface area contributed by atoms with Crippen LogP contribution in [0, 0.1) is 11.3 Å². The number of nitrogens with one attached hydrogen (secondary N) is 1. The minimum Gasteiger partial charge on any atom is -0.497 e. The summed E-state index contributed by atoms with van der Waals surface area (Å²) in [6.07, 6.45) is 0.551.